The second-order valence-electron chi connectivity index (χ2n) is 6.13. The second kappa shape index (κ2) is 5.46. The number of ether oxygens (including phenoxy) is 2. The molecule has 0 unspecified atom stereocenters. The lowest BCUT2D eigenvalue weighted by Crippen LogP contribution is -2.44. The van der Waals surface area contributed by atoms with Crippen LogP contribution in [0.3, 0.4) is 0 Å². The Hall–Kier alpha value is -2.66. The minimum absolute atomic E-state index is 0.0221. The molecule has 1 amide bonds. The summed E-state index contributed by atoms with van der Waals surface area (Å²) < 4.78 is 11.4. The summed E-state index contributed by atoms with van der Waals surface area (Å²) in [5.41, 5.74) is 1.09. The second-order valence-corrected chi connectivity index (χ2v) is 6.13. The average molecular weight is 323 g/mol. The van der Waals surface area contributed by atoms with E-state index in [1.807, 2.05) is 48.5 Å². The number of Topliss-reactive ketones (excluding diaryl/α,β-unsaturated/α-hetero) is 1. The van der Waals surface area contributed by atoms with Crippen LogP contribution < -0.4 is 10.1 Å². The predicted molar refractivity (Wildman–Crippen MR) is 87.8 cm³/mol. The first-order chi connectivity index (χ1) is 11.6. The van der Waals surface area contributed by atoms with Gasteiger partial charge in [-0.1, -0.05) is 30.3 Å². The summed E-state index contributed by atoms with van der Waals surface area (Å²) in [6, 6.07) is 14.8. The van der Waals surface area contributed by atoms with E-state index >= 15 is 0 Å². The van der Waals surface area contributed by atoms with Gasteiger partial charge in [-0.05, 0) is 23.8 Å². The first-order valence-electron chi connectivity index (χ1n) is 7.87. The van der Waals surface area contributed by atoms with Crippen LogP contribution in [0.1, 0.15) is 30.1 Å². The largest absolute Gasteiger partial charge is 0.497 e. The van der Waals surface area contributed by atoms with Crippen LogP contribution in [-0.4, -0.2) is 18.8 Å². The number of anilines is 1. The fraction of sp³-hybridized carbons (Fsp3) is 0.263. The molecule has 2 aromatic carbocycles. The molecule has 4 rings (SSSR count). The van der Waals surface area contributed by atoms with Gasteiger partial charge < -0.3 is 14.8 Å². The molecule has 0 bridgehead atoms. The van der Waals surface area contributed by atoms with E-state index in [1.165, 1.54) is 0 Å². The first-order valence-corrected chi connectivity index (χ1v) is 7.87. The van der Waals surface area contributed by atoms with Crippen LogP contribution in [0.25, 0.3) is 0 Å². The van der Waals surface area contributed by atoms with E-state index in [0.717, 1.165) is 16.9 Å². The van der Waals surface area contributed by atoms with Crippen molar-refractivity contribution in [1.29, 1.82) is 0 Å². The smallest absolute Gasteiger partial charge is 0.261 e. The molecule has 1 N–H and O–H groups in total. The molecule has 0 aliphatic carbocycles. The molecule has 0 radical (unpaired) electrons. The maximum absolute atomic E-state index is 12.6. The highest BCUT2D eigenvalue weighted by atomic mass is 16.5. The highest BCUT2D eigenvalue weighted by molar-refractivity contribution is 6.07. The van der Waals surface area contributed by atoms with E-state index in [2.05, 4.69) is 5.32 Å². The number of carbonyl (C=O) groups is 2. The first kappa shape index (κ1) is 14.9. The number of fused-ring (bicyclic) bond motifs is 2. The number of para-hydroxylation sites is 1. The lowest BCUT2D eigenvalue weighted by molar-refractivity contribution is -0.170. The van der Waals surface area contributed by atoms with Crippen molar-refractivity contribution in [2.45, 2.75) is 24.5 Å². The topological polar surface area (TPSA) is 64.6 Å². The van der Waals surface area contributed by atoms with Gasteiger partial charge in [0.05, 0.1) is 13.2 Å². The van der Waals surface area contributed by atoms with Crippen molar-refractivity contribution in [2.24, 2.45) is 0 Å². The Morgan fingerprint density at radius 3 is 2.62 bits per heavy atom. The predicted octanol–water partition coefficient (Wildman–Crippen LogP) is 2.96. The minimum atomic E-state index is -1.23. The molecule has 2 aliphatic heterocycles. The van der Waals surface area contributed by atoms with Crippen molar-refractivity contribution in [2.75, 3.05) is 12.4 Å². The van der Waals surface area contributed by atoms with Gasteiger partial charge in [0.1, 0.15) is 11.5 Å². The molecule has 2 heterocycles. The van der Waals surface area contributed by atoms with Crippen molar-refractivity contribution in [3.05, 3.63) is 59.7 Å². The molecule has 2 aromatic rings. The number of ketones is 1. The number of hydrogen-bond acceptors (Lipinski definition) is 4. The van der Waals surface area contributed by atoms with Crippen LogP contribution in [0.2, 0.25) is 0 Å². The zero-order valence-electron chi connectivity index (χ0n) is 13.2. The van der Waals surface area contributed by atoms with Crippen LogP contribution >= 0.6 is 0 Å². The maximum atomic E-state index is 12.6. The number of amides is 1. The fourth-order valence-electron chi connectivity index (χ4n) is 3.47. The van der Waals surface area contributed by atoms with Gasteiger partial charge in [0, 0.05) is 24.1 Å². The molecule has 122 valence electrons. The van der Waals surface area contributed by atoms with Crippen LogP contribution in [0.4, 0.5) is 5.69 Å². The van der Waals surface area contributed by atoms with E-state index < -0.39 is 11.7 Å². The molecule has 2 aliphatic rings. The lowest BCUT2D eigenvalue weighted by atomic mass is 9.84. The van der Waals surface area contributed by atoms with Crippen molar-refractivity contribution < 1.29 is 19.1 Å². The summed E-state index contributed by atoms with van der Waals surface area (Å²) >= 11 is 0. The normalized spacial score (nSPS) is 25.5. The SMILES string of the molecule is COc1ccc([C@H]2CC(=O)C[C@@]3(O2)C(=O)Nc2ccccc23)cc1. The third-order valence-corrected chi connectivity index (χ3v) is 4.67. The Balaban J connectivity index is 1.73. The van der Waals surface area contributed by atoms with Gasteiger partial charge in [0.15, 0.2) is 5.60 Å². The Morgan fingerprint density at radius 1 is 1.12 bits per heavy atom. The Bertz CT molecular complexity index is 814. The molecule has 5 heteroatoms. The van der Waals surface area contributed by atoms with E-state index in [9.17, 15) is 9.59 Å². The van der Waals surface area contributed by atoms with Gasteiger partial charge in [-0.3, -0.25) is 9.59 Å². The average Bonchev–Trinajstić information content (AvgIpc) is 2.86. The van der Waals surface area contributed by atoms with E-state index in [0.29, 0.717) is 5.69 Å². The monoisotopic (exact) mass is 323 g/mol. The van der Waals surface area contributed by atoms with Crippen LogP contribution in [-0.2, 0) is 19.9 Å². The molecule has 0 aromatic heterocycles. The van der Waals surface area contributed by atoms with Crippen LogP contribution in [0, 0.1) is 0 Å². The van der Waals surface area contributed by atoms with Gasteiger partial charge in [0.2, 0.25) is 0 Å². The van der Waals surface area contributed by atoms with Crippen molar-refractivity contribution in [3.63, 3.8) is 0 Å². The molecule has 1 spiro atoms. The number of methoxy groups -OCH3 is 1. The fourth-order valence-corrected chi connectivity index (χ4v) is 3.47. The molecule has 5 nitrogen and oxygen atoms in total. The molecular weight excluding hydrogens is 306 g/mol. The molecule has 1 saturated heterocycles. The molecular formula is C19H17NO4. The summed E-state index contributed by atoms with van der Waals surface area (Å²) in [5.74, 6) is 0.490. The summed E-state index contributed by atoms with van der Waals surface area (Å²) in [7, 11) is 1.60. The highest BCUT2D eigenvalue weighted by Crippen LogP contribution is 2.48. The summed E-state index contributed by atoms with van der Waals surface area (Å²) in [5, 5.41) is 2.83. The number of benzene rings is 2. The van der Waals surface area contributed by atoms with Crippen LogP contribution in [0.5, 0.6) is 5.75 Å². The highest BCUT2D eigenvalue weighted by Gasteiger charge is 2.53. The van der Waals surface area contributed by atoms with E-state index in [4.69, 9.17) is 9.47 Å². The van der Waals surface area contributed by atoms with Crippen molar-refractivity contribution in [3.8, 4) is 5.75 Å². The van der Waals surface area contributed by atoms with Crippen molar-refractivity contribution >= 4 is 17.4 Å². The molecule has 1 fully saturated rings. The van der Waals surface area contributed by atoms with Gasteiger partial charge in [-0.15, -0.1) is 0 Å². The van der Waals surface area contributed by atoms with Crippen molar-refractivity contribution in [1.82, 2.24) is 0 Å². The molecule has 24 heavy (non-hydrogen) atoms. The number of nitrogens with one attached hydrogen (secondary N) is 1. The van der Waals surface area contributed by atoms with Gasteiger partial charge in [0.25, 0.3) is 5.91 Å². The summed E-state index contributed by atoms with van der Waals surface area (Å²) in [6.45, 7) is 0. The summed E-state index contributed by atoms with van der Waals surface area (Å²) in [4.78, 5) is 25.0. The van der Waals surface area contributed by atoms with E-state index in [1.54, 1.807) is 7.11 Å². The lowest BCUT2D eigenvalue weighted by Gasteiger charge is -2.36. The minimum Gasteiger partial charge on any atom is -0.497 e. The third kappa shape index (κ3) is 2.20. The Morgan fingerprint density at radius 2 is 1.88 bits per heavy atom. The quantitative estimate of drug-likeness (QED) is 0.923. The standard InChI is InChI=1S/C19H17NO4/c1-23-14-8-6-12(7-9-14)17-10-13(21)11-19(24-17)15-4-2-3-5-16(15)20-18(19)22/h2-9,17H,10-11H2,1H3,(H,20,22)/t17-,19+/m1/s1. The van der Waals surface area contributed by atoms with E-state index in [-0.39, 0.29) is 24.5 Å². The maximum Gasteiger partial charge on any atom is 0.261 e. The van der Waals surface area contributed by atoms with Crippen LogP contribution in [0.15, 0.2) is 48.5 Å². The number of hydrogen-bond donors (Lipinski definition) is 1. The Kier molecular flexibility index (Phi) is 3.39. The Labute approximate surface area is 139 Å². The number of carbonyl (C=O) groups excluding carboxylic acids is 2. The van der Waals surface area contributed by atoms with Gasteiger partial charge in [-0.25, -0.2) is 0 Å². The van der Waals surface area contributed by atoms with Gasteiger partial charge >= 0.3 is 0 Å². The zero-order chi connectivity index (χ0) is 16.7. The number of rotatable bonds is 2. The zero-order valence-corrected chi connectivity index (χ0v) is 13.2. The van der Waals surface area contributed by atoms with Gasteiger partial charge in [-0.2, -0.15) is 0 Å². The molecule has 0 saturated carbocycles. The third-order valence-electron chi connectivity index (χ3n) is 4.67. The summed E-state index contributed by atoms with van der Waals surface area (Å²) in [6.07, 6.45) is -0.111. The molecule has 2 atom stereocenters.